The van der Waals surface area contributed by atoms with Gasteiger partial charge in [-0.05, 0) is 35.4 Å². The van der Waals surface area contributed by atoms with Crippen LogP contribution < -0.4 is 5.73 Å². The van der Waals surface area contributed by atoms with Gasteiger partial charge in [-0.3, -0.25) is 0 Å². The van der Waals surface area contributed by atoms with Gasteiger partial charge in [0.15, 0.2) is 0 Å². The van der Waals surface area contributed by atoms with Gasteiger partial charge in [-0.1, -0.05) is 24.3 Å². The molecule has 0 saturated heterocycles. The van der Waals surface area contributed by atoms with E-state index in [0.29, 0.717) is 5.56 Å². The standard InChI is InChI=1S/C13H12N2.ClH/c1-9(15)12-4-2-3-11-6-5-10(8-14)7-13(11)12;/h2-7,9H,15H2,1H3;1H/t9-;/m0./s1. The minimum atomic E-state index is -0.0114. The number of hydrogen-bond donors (Lipinski definition) is 1. The highest BCUT2D eigenvalue weighted by atomic mass is 35.5. The van der Waals surface area contributed by atoms with Gasteiger partial charge in [0.25, 0.3) is 0 Å². The topological polar surface area (TPSA) is 49.8 Å². The summed E-state index contributed by atoms with van der Waals surface area (Å²) < 4.78 is 0. The summed E-state index contributed by atoms with van der Waals surface area (Å²) in [7, 11) is 0. The predicted molar refractivity (Wildman–Crippen MR) is 68.5 cm³/mol. The molecule has 0 bridgehead atoms. The molecule has 0 saturated carbocycles. The van der Waals surface area contributed by atoms with Crippen LogP contribution in [0.4, 0.5) is 0 Å². The summed E-state index contributed by atoms with van der Waals surface area (Å²) in [5.74, 6) is 0. The monoisotopic (exact) mass is 232 g/mol. The maximum atomic E-state index is 8.85. The Morgan fingerprint density at radius 2 is 2.00 bits per heavy atom. The van der Waals surface area contributed by atoms with E-state index in [1.54, 1.807) is 0 Å². The van der Waals surface area contributed by atoms with E-state index in [1.807, 2.05) is 43.3 Å². The van der Waals surface area contributed by atoms with Gasteiger partial charge in [0.2, 0.25) is 0 Å². The molecule has 0 aliphatic rings. The van der Waals surface area contributed by atoms with Crippen molar-refractivity contribution >= 4 is 23.2 Å². The summed E-state index contributed by atoms with van der Waals surface area (Å²) >= 11 is 0. The van der Waals surface area contributed by atoms with Crippen LogP contribution in [0.25, 0.3) is 10.8 Å². The number of nitriles is 1. The molecule has 1 atom stereocenters. The van der Waals surface area contributed by atoms with Crippen molar-refractivity contribution in [1.82, 2.24) is 0 Å². The molecule has 2 rings (SSSR count). The molecule has 0 aromatic heterocycles. The zero-order valence-electron chi connectivity index (χ0n) is 8.97. The molecule has 0 spiro atoms. The van der Waals surface area contributed by atoms with E-state index in [9.17, 15) is 0 Å². The number of fused-ring (bicyclic) bond motifs is 1. The molecule has 0 aliphatic heterocycles. The molecule has 0 aliphatic carbocycles. The van der Waals surface area contributed by atoms with Crippen molar-refractivity contribution in [2.24, 2.45) is 5.73 Å². The van der Waals surface area contributed by atoms with E-state index in [1.165, 1.54) is 0 Å². The van der Waals surface area contributed by atoms with Crippen molar-refractivity contribution < 1.29 is 0 Å². The van der Waals surface area contributed by atoms with Crippen LogP contribution in [-0.2, 0) is 0 Å². The lowest BCUT2D eigenvalue weighted by atomic mass is 9.98. The summed E-state index contributed by atoms with van der Waals surface area (Å²) in [6.07, 6.45) is 0. The number of nitrogens with zero attached hydrogens (tertiary/aromatic N) is 1. The molecule has 2 nitrogen and oxygen atoms in total. The van der Waals surface area contributed by atoms with Crippen molar-refractivity contribution in [1.29, 1.82) is 5.26 Å². The molecule has 2 N–H and O–H groups in total. The minimum Gasteiger partial charge on any atom is -0.324 e. The van der Waals surface area contributed by atoms with E-state index >= 15 is 0 Å². The lowest BCUT2D eigenvalue weighted by molar-refractivity contribution is 0.827. The fourth-order valence-corrected chi connectivity index (χ4v) is 1.76. The molecule has 2 aromatic rings. The SMILES string of the molecule is C[C@H](N)c1cccc2ccc(C#N)cc12.Cl. The van der Waals surface area contributed by atoms with Gasteiger partial charge >= 0.3 is 0 Å². The van der Waals surface area contributed by atoms with E-state index in [-0.39, 0.29) is 18.4 Å². The van der Waals surface area contributed by atoms with Crippen molar-refractivity contribution in [3.8, 4) is 6.07 Å². The van der Waals surface area contributed by atoms with Gasteiger partial charge in [0, 0.05) is 6.04 Å². The second-order valence-electron chi connectivity index (χ2n) is 3.68. The van der Waals surface area contributed by atoms with Crippen LogP contribution in [0.1, 0.15) is 24.1 Å². The molecular formula is C13H13ClN2. The summed E-state index contributed by atoms with van der Waals surface area (Å²) in [6.45, 7) is 1.95. The van der Waals surface area contributed by atoms with E-state index in [4.69, 9.17) is 11.0 Å². The lowest BCUT2D eigenvalue weighted by Crippen LogP contribution is -2.05. The van der Waals surface area contributed by atoms with Gasteiger partial charge in [-0.2, -0.15) is 5.26 Å². The first kappa shape index (κ1) is 12.5. The molecule has 0 amide bonds. The highest BCUT2D eigenvalue weighted by molar-refractivity contribution is 5.87. The highest BCUT2D eigenvalue weighted by Crippen LogP contribution is 2.23. The third kappa shape index (κ3) is 2.16. The number of benzene rings is 2. The third-order valence-electron chi connectivity index (χ3n) is 2.54. The maximum absolute atomic E-state index is 8.85. The molecule has 16 heavy (non-hydrogen) atoms. The summed E-state index contributed by atoms with van der Waals surface area (Å²) in [4.78, 5) is 0. The zero-order chi connectivity index (χ0) is 10.8. The van der Waals surface area contributed by atoms with Crippen molar-refractivity contribution in [3.05, 3.63) is 47.5 Å². The number of hydrogen-bond acceptors (Lipinski definition) is 2. The molecule has 0 unspecified atom stereocenters. The van der Waals surface area contributed by atoms with Crippen molar-refractivity contribution in [2.75, 3.05) is 0 Å². The Balaban J connectivity index is 0.00000128. The summed E-state index contributed by atoms with van der Waals surface area (Å²) in [6, 6.07) is 13.8. The summed E-state index contributed by atoms with van der Waals surface area (Å²) in [5, 5.41) is 11.0. The average molecular weight is 233 g/mol. The molecule has 0 radical (unpaired) electrons. The molecule has 2 aromatic carbocycles. The largest absolute Gasteiger partial charge is 0.324 e. The Morgan fingerprint density at radius 3 is 2.62 bits per heavy atom. The van der Waals surface area contributed by atoms with Crippen LogP contribution >= 0.6 is 12.4 Å². The second kappa shape index (κ2) is 4.98. The fraction of sp³-hybridized carbons (Fsp3) is 0.154. The smallest absolute Gasteiger partial charge is 0.0991 e. The van der Waals surface area contributed by atoms with Gasteiger partial charge in [0.05, 0.1) is 11.6 Å². The fourth-order valence-electron chi connectivity index (χ4n) is 1.76. The highest BCUT2D eigenvalue weighted by Gasteiger charge is 2.05. The first-order valence-electron chi connectivity index (χ1n) is 4.91. The maximum Gasteiger partial charge on any atom is 0.0991 e. The third-order valence-corrected chi connectivity index (χ3v) is 2.54. The van der Waals surface area contributed by atoms with Crippen LogP contribution in [-0.4, -0.2) is 0 Å². The average Bonchev–Trinajstić information content (AvgIpc) is 2.27. The number of nitrogens with two attached hydrogens (primary N) is 1. The Labute approximate surface area is 101 Å². The Morgan fingerprint density at radius 1 is 1.25 bits per heavy atom. The van der Waals surface area contributed by atoms with Crippen LogP contribution in [0.2, 0.25) is 0 Å². The van der Waals surface area contributed by atoms with Crippen LogP contribution in [0, 0.1) is 11.3 Å². The first-order valence-corrected chi connectivity index (χ1v) is 4.91. The molecular weight excluding hydrogens is 220 g/mol. The molecule has 0 fully saturated rings. The lowest BCUT2D eigenvalue weighted by Gasteiger charge is -2.09. The first-order chi connectivity index (χ1) is 7.22. The van der Waals surface area contributed by atoms with Gasteiger partial charge in [0.1, 0.15) is 0 Å². The predicted octanol–water partition coefficient (Wildman–Crippen LogP) is 3.15. The molecule has 3 heteroatoms. The number of halogens is 1. The Kier molecular flexibility index (Phi) is 3.89. The Hall–Kier alpha value is -1.56. The quantitative estimate of drug-likeness (QED) is 0.821. The second-order valence-corrected chi connectivity index (χ2v) is 3.68. The van der Waals surface area contributed by atoms with E-state index < -0.39 is 0 Å². The van der Waals surface area contributed by atoms with Gasteiger partial charge < -0.3 is 5.73 Å². The minimum absolute atomic E-state index is 0. The number of rotatable bonds is 1. The Bertz CT molecular complexity index is 541. The zero-order valence-corrected chi connectivity index (χ0v) is 9.79. The van der Waals surface area contributed by atoms with Crippen molar-refractivity contribution in [3.63, 3.8) is 0 Å². The van der Waals surface area contributed by atoms with Crippen LogP contribution in [0.5, 0.6) is 0 Å². The van der Waals surface area contributed by atoms with Gasteiger partial charge in [-0.25, -0.2) is 0 Å². The van der Waals surface area contributed by atoms with Crippen LogP contribution in [0.3, 0.4) is 0 Å². The summed E-state index contributed by atoms with van der Waals surface area (Å²) in [5.41, 5.74) is 7.65. The molecule has 82 valence electrons. The van der Waals surface area contributed by atoms with Crippen LogP contribution in [0.15, 0.2) is 36.4 Å². The van der Waals surface area contributed by atoms with E-state index in [0.717, 1.165) is 16.3 Å². The normalized spacial score (nSPS) is 11.6. The molecule has 0 heterocycles. The van der Waals surface area contributed by atoms with Crippen molar-refractivity contribution in [2.45, 2.75) is 13.0 Å². The van der Waals surface area contributed by atoms with Gasteiger partial charge in [-0.15, -0.1) is 12.4 Å². The van der Waals surface area contributed by atoms with E-state index in [2.05, 4.69) is 6.07 Å².